The highest BCUT2D eigenvalue weighted by Gasteiger charge is 2.08. The van der Waals surface area contributed by atoms with E-state index >= 15 is 0 Å². The SMILES string of the molecule is CCNc1nc(-c2cccc(NC(=O)c3ccc(C)cc3)c2)cs1. The van der Waals surface area contributed by atoms with Crippen molar-refractivity contribution in [3.05, 3.63) is 65.0 Å². The summed E-state index contributed by atoms with van der Waals surface area (Å²) < 4.78 is 0. The second-order valence-corrected chi connectivity index (χ2v) is 6.33. The van der Waals surface area contributed by atoms with Crippen molar-refractivity contribution in [1.82, 2.24) is 4.98 Å². The number of anilines is 2. The zero-order chi connectivity index (χ0) is 16.9. The molecular weight excluding hydrogens is 318 g/mol. The molecule has 122 valence electrons. The van der Waals surface area contributed by atoms with E-state index in [0.717, 1.165) is 34.2 Å². The molecule has 0 unspecified atom stereocenters. The lowest BCUT2D eigenvalue weighted by Crippen LogP contribution is -2.11. The number of carbonyl (C=O) groups excluding carboxylic acids is 1. The van der Waals surface area contributed by atoms with Gasteiger partial charge < -0.3 is 10.6 Å². The van der Waals surface area contributed by atoms with Gasteiger partial charge in [-0.1, -0.05) is 29.8 Å². The molecule has 3 rings (SSSR count). The van der Waals surface area contributed by atoms with Crippen LogP contribution in [0.1, 0.15) is 22.8 Å². The zero-order valence-electron chi connectivity index (χ0n) is 13.7. The molecule has 0 spiro atoms. The Balaban J connectivity index is 1.77. The maximum atomic E-state index is 12.3. The molecule has 0 fully saturated rings. The summed E-state index contributed by atoms with van der Waals surface area (Å²) in [6.45, 7) is 4.89. The molecule has 0 aliphatic carbocycles. The average molecular weight is 337 g/mol. The Morgan fingerprint density at radius 3 is 2.71 bits per heavy atom. The standard InChI is InChI=1S/C19H19N3OS/c1-3-20-19-22-17(12-24-19)15-5-4-6-16(11-15)21-18(23)14-9-7-13(2)8-10-14/h4-12H,3H2,1-2H3,(H,20,22)(H,21,23). The summed E-state index contributed by atoms with van der Waals surface area (Å²) in [5, 5.41) is 9.07. The maximum Gasteiger partial charge on any atom is 0.255 e. The minimum Gasteiger partial charge on any atom is -0.362 e. The summed E-state index contributed by atoms with van der Waals surface area (Å²) in [6, 6.07) is 15.3. The number of nitrogens with zero attached hydrogens (tertiary/aromatic N) is 1. The third-order valence-electron chi connectivity index (χ3n) is 3.56. The van der Waals surface area contributed by atoms with E-state index in [0.29, 0.717) is 5.56 Å². The van der Waals surface area contributed by atoms with E-state index in [1.807, 2.05) is 67.8 Å². The number of aromatic nitrogens is 1. The Hall–Kier alpha value is -2.66. The van der Waals surface area contributed by atoms with Crippen molar-refractivity contribution in [3.8, 4) is 11.3 Å². The summed E-state index contributed by atoms with van der Waals surface area (Å²) in [5.41, 5.74) is 4.43. The predicted octanol–water partition coefficient (Wildman–Crippen LogP) is 4.80. The Bertz CT molecular complexity index is 840. The molecule has 0 saturated heterocycles. The Labute approximate surface area is 145 Å². The van der Waals surface area contributed by atoms with Gasteiger partial charge in [0.15, 0.2) is 5.13 Å². The molecule has 0 radical (unpaired) electrons. The van der Waals surface area contributed by atoms with Gasteiger partial charge in [0.05, 0.1) is 5.69 Å². The largest absolute Gasteiger partial charge is 0.362 e. The van der Waals surface area contributed by atoms with Crippen LogP contribution >= 0.6 is 11.3 Å². The van der Waals surface area contributed by atoms with Gasteiger partial charge >= 0.3 is 0 Å². The number of benzene rings is 2. The number of nitrogens with one attached hydrogen (secondary N) is 2. The third-order valence-corrected chi connectivity index (χ3v) is 4.36. The first-order chi connectivity index (χ1) is 11.7. The number of thiazole rings is 1. The van der Waals surface area contributed by atoms with Crippen LogP contribution in [0.3, 0.4) is 0 Å². The average Bonchev–Trinajstić information content (AvgIpc) is 3.05. The number of aryl methyl sites for hydroxylation is 1. The van der Waals surface area contributed by atoms with E-state index in [4.69, 9.17) is 0 Å². The molecule has 1 amide bonds. The van der Waals surface area contributed by atoms with Crippen molar-refractivity contribution in [2.45, 2.75) is 13.8 Å². The quantitative estimate of drug-likeness (QED) is 0.703. The lowest BCUT2D eigenvalue weighted by Gasteiger charge is -2.07. The molecule has 1 heterocycles. The summed E-state index contributed by atoms with van der Waals surface area (Å²) in [7, 11) is 0. The fourth-order valence-electron chi connectivity index (χ4n) is 2.30. The second kappa shape index (κ2) is 7.27. The van der Waals surface area contributed by atoms with Gasteiger partial charge in [-0.25, -0.2) is 4.98 Å². The highest BCUT2D eigenvalue weighted by atomic mass is 32.1. The molecule has 5 heteroatoms. The van der Waals surface area contributed by atoms with E-state index in [1.54, 1.807) is 11.3 Å². The van der Waals surface area contributed by atoms with Gasteiger partial charge in [0.2, 0.25) is 0 Å². The van der Waals surface area contributed by atoms with E-state index < -0.39 is 0 Å². The molecule has 0 aliphatic rings. The molecule has 1 aromatic heterocycles. The van der Waals surface area contributed by atoms with Crippen molar-refractivity contribution in [1.29, 1.82) is 0 Å². The number of carbonyl (C=O) groups is 1. The van der Waals surface area contributed by atoms with Crippen LogP contribution in [0.4, 0.5) is 10.8 Å². The van der Waals surface area contributed by atoms with Crippen molar-refractivity contribution >= 4 is 28.1 Å². The fraction of sp³-hybridized carbons (Fsp3) is 0.158. The van der Waals surface area contributed by atoms with Crippen molar-refractivity contribution in [2.24, 2.45) is 0 Å². The highest BCUT2D eigenvalue weighted by Crippen LogP contribution is 2.26. The summed E-state index contributed by atoms with van der Waals surface area (Å²) in [6.07, 6.45) is 0. The van der Waals surface area contributed by atoms with Crippen LogP contribution < -0.4 is 10.6 Å². The molecule has 0 atom stereocenters. The number of amides is 1. The van der Waals surface area contributed by atoms with Crippen molar-refractivity contribution in [2.75, 3.05) is 17.2 Å². The first-order valence-corrected chi connectivity index (χ1v) is 8.71. The molecule has 2 aromatic carbocycles. The van der Waals surface area contributed by atoms with Crippen molar-refractivity contribution < 1.29 is 4.79 Å². The maximum absolute atomic E-state index is 12.3. The molecule has 2 N–H and O–H groups in total. The third kappa shape index (κ3) is 3.81. The van der Waals surface area contributed by atoms with Crippen LogP contribution in [0.2, 0.25) is 0 Å². The van der Waals surface area contributed by atoms with Gasteiger partial charge in [0.25, 0.3) is 5.91 Å². The van der Waals surface area contributed by atoms with Crippen LogP contribution in [0.5, 0.6) is 0 Å². The van der Waals surface area contributed by atoms with Crippen molar-refractivity contribution in [3.63, 3.8) is 0 Å². The number of hydrogen-bond acceptors (Lipinski definition) is 4. The molecule has 24 heavy (non-hydrogen) atoms. The summed E-state index contributed by atoms with van der Waals surface area (Å²) in [4.78, 5) is 16.9. The highest BCUT2D eigenvalue weighted by molar-refractivity contribution is 7.14. The second-order valence-electron chi connectivity index (χ2n) is 5.47. The van der Waals surface area contributed by atoms with E-state index in [1.165, 1.54) is 0 Å². The smallest absolute Gasteiger partial charge is 0.255 e. The Kier molecular flexibility index (Phi) is 4.91. The lowest BCUT2D eigenvalue weighted by molar-refractivity contribution is 0.102. The van der Waals surface area contributed by atoms with Gasteiger partial charge in [-0.05, 0) is 38.1 Å². The van der Waals surface area contributed by atoms with E-state index in [-0.39, 0.29) is 5.91 Å². The van der Waals surface area contributed by atoms with Gasteiger partial charge in [0.1, 0.15) is 0 Å². The van der Waals surface area contributed by atoms with Crippen LogP contribution in [-0.2, 0) is 0 Å². The fourth-order valence-corrected chi connectivity index (χ4v) is 3.09. The molecule has 3 aromatic rings. The van der Waals surface area contributed by atoms with Crippen LogP contribution in [-0.4, -0.2) is 17.4 Å². The van der Waals surface area contributed by atoms with Crippen LogP contribution in [0, 0.1) is 6.92 Å². The zero-order valence-corrected chi connectivity index (χ0v) is 14.5. The van der Waals surface area contributed by atoms with E-state index in [9.17, 15) is 4.79 Å². The van der Waals surface area contributed by atoms with E-state index in [2.05, 4.69) is 15.6 Å². The number of hydrogen-bond donors (Lipinski definition) is 2. The van der Waals surface area contributed by atoms with Gasteiger partial charge in [-0.15, -0.1) is 11.3 Å². The minimum atomic E-state index is -0.112. The molecule has 0 bridgehead atoms. The lowest BCUT2D eigenvalue weighted by atomic mass is 10.1. The molecule has 0 saturated carbocycles. The van der Waals surface area contributed by atoms with Gasteiger partial charge in [0, 0.05) is 28.7 Å². The Morgan fingerprint density at radius 1 is 1.17 bits per heavy atom. The van der Waals surface area contributed by atoms with Gasteiger partial charge in [-0.3, -0.25) is 4.79 Å². The minimum absolute atomic E-state index is 0.112. The molecule has 4 nitrogen and oxygen atoms in total. The number of rotatable bonds is 5. The summed E-state index contributed by atoms with van der Waals surface area (Å²) >= 11 is 1.58. The first kappa shape index (κ1) is 16.2. The Morgan fingerprint density at radius 2 is 1.96 bits per heavy atom. The summed E-state index contributed by atoms with van der Waals surface area (Å²) in [5.74, 6) is -0.112. The molecular formula is C19H19N3OS. The normalized spacial score (nSPS) is 10.4. The first-order valence-electron chi connectivity index (χ1n) is 7.83. The van der Waals surface area contributed by atoms with Crippen LogP contribution in [0.15, 0.2) is 53.9 Å². The molecule has 0 aliphatic heterocycles. The van der Waals surface area contributed by atoms with Gasteiger partial charge in [-0.2, -0.15) is 0 Å². The predicted molar refractivity (Wildman–Crippen MR) is 101 cm³/mol. The van der Waals surface area contributed by atoms with Crippen LogP contribution in [0.25, 0.3) is 11.3 Å². The topological polar surface area (TPSA) is 54.0 Å². The monoisotopic (exact) mass is 337 g/mol.